The van der Waals surface area contributed by atoms with Crippen molar-refractivity contribution in [1.82, 2.24) is 0 Å². The summed E-state index contributed by atoms with van der Waals surface area (Å²) in [4.78, 5) is 0. The van der Waals surface area contributed by atoms with Gasteiger partial charge in [0.05, 0.1) is 26.4 Å². The van der Waals surface area contributed by atoms with Crippen LogP contribution in [0, 0.1) is 0 Å². The molecule has 3 aliphatic rings. The van der Waals surface area contributed by atoms with Crippen molar-refractivity contribution in [3.05, 3.63) is 12.2 Å². The second-order valence-electron chi connectivity index (χ2n) is 9.44. The van der Waals surface area contributed by atoms with Crippen LogP contribution in [0.4, 0.5) is 0 Å². The van der Waals surface area contributed by atoms with E-state index in [0.717, 1.165) is 6.42 Å². The van der Waals surface area contributed by atoms with Crippen LogP contribution < -0.4 is 0 Å². The summed E-state index contributed by atoms with van der Waals surface area (Å²) in [5.74, 6) is 0. The van der Waals surface area contributed by atoms with Crippen molar-refractivity contribution in [2.75, 3.05) is 26.4 Å². The van der Waals surface area contributed by atoms with Crippen molar-refractivity contribution in [2.45, 2.75) is 106 Å². The zero-order chi connectivity index (χ0) is 28.0. The molecule has 38 heavy (non-hydrogen) atoms. The highest BCUT2D eigenvalue weighted by molar-refractivity contribution is 4.94. The molecule has 3 saturated heterocycles. The van der Waals surface area contributed by atoms with Crippen molar-refractivity contribution < 1.29 is 74.4 Å². The smallest absolute Gasteiger partial charge is 0.187 e. The molecule has 0 aromatic carbocycles. The number of ether oxygens (including phenoxy) is 6. The number of rotatable bonds is 11. The molecule has 0 radical (unpaired) electrons. The molecule has 0 aliphatic carbocycles. The van der Waals surface area contributed by atoms with Crippen LogP contribution in [-0.2, 0) is 28.4 Å². The van der Waals surface area contributed by atoms with E-state index in [1.165, 1.54) is 0 Å². The number of hydrogen-bond acceptors (Lipinski definition) is 15. The molecule has 3 fully saturated rings. The van der Waals surface area contributed by atoms with Crippen LogP contribution in [-0.4, -0.2) is 158 Å². The minimum absolute atomic E-state index is 0.112. The fourth-order valence-corrected chi connectivity index (χ4v) is 4.31. The lowest BCUT2D eigenvalue weighted by Gasteiger charge is -2.46. The first-order valence-electron chi connectivity index (χ1n) is 12.6. The molecule has 14 atom stereocenters. The quantitative estimate of drug-likeness (QED) is 0.0860. The van der Waals surface area contributed by atoms with Gasteiger partial charge in [0.2, 0.25) is 0 Å². The summed E-state index contributed by atoms with van der Waals surface area (Å²) >= 11 is 0. The fourth-order valence-electron chi connectivity index (χ4n) is 4.31. The van der Waals surface area contributed by atoms with Gasteiger partial charge in [-0.25, -0.2) is 0 Å². The third-order valence-electron chi connectivity index (χ3n) is 6.63. The summed E-state index contributed by atoms with van der Waals surface area (Å²) in [6.07, 6.45) is -16.0. The van der Waals surface area contributed by atoms with Crippen molar-refractivity contribution in [3.8, 4) is 0 Å². The van der Waals surface area contributed by atoms with Crippen LogP contribution >= 0.6 is 0 Å². The van der Waals surface area contributed by atoms with Crippen molar-refractivity contribution in [3.63, 3.8) is 0 Å². The molecule has 3 heterocycles. The highest BCUT2D eigenvalue weighted by Crippen LogP contribution is 2.30. The SMILES string of the molecule is CC/C=C\CCO[C@@H]1O[C@H](CO[C@@H]2OC[C@H](O)[C@H](O)[C@H]2O)[C@@H](O)[C@H](O)[C@H]1O[C@@H]1O[C@H](CO)[C@@H](O)[C@H](O)[C@H]1O. The first-order valence-corrected chi connectivity index (χ1v) is 12.6. The van der Waals surface area contributed by atoms with Gasteiger partial charge >= 0.3 is 0 Å². The molecule has 0 spiro atoms. The monoisotopic (exact) mass is 556 g/mol. The largest absolute Gasteiger partial charge is 0.394 e. The Morgan fingerprint density at radius 1 is 0.711 bits per heavy atom. The predicted molar refractivity (Wildman–Crippen MR) is 123 cm³/mol. The van der Waals surface area contributed by atoms with E-state index in [4.69, 9.17) is 28.4 Å². The van der Waals surface area contributed by atoms with Crippen LogP contribution in [0.3, 0.4) is 0 Å². The second kappa shape index (κ2) is 14.7. The summed E-state index contributed by atoms with van der Waals surface area (Å²) in [6, 6.07) is 0. The van der Waals surface area contributed by atoms with E-state index in [9.17, 15) is 46.0 Å². The molecule has 3 rings (SSSR count). The van der Waals surface area contributed by atoms with E-state index in [-0.39, 0.29) is 13.2 Å². The Kier molecular flexibility index (Phi) is 12.2. The summed E-state index contributed by atoms with van der Waals surface area (Å²) in [5, 5.41) is 90.9. The van der Waals surface area contributed by atoms with Crippen LogP contribution in [0.15, 0.2) is 12.2 Å². The molecule has 0 unspecified atom stereocenters. The number of aliphatic hydroxyl groups excluding tert-OH is 9. The maximum Gasteiger partial charge on any atom is 0.187 e. The zero-order valence-electron chi connectivity index (χ0n) is 21.0. The molecule has 15 nitrogen and oxygen atoms in total. The van der Waals surface area contributed by atoms with Crippen LogP contribution in [0.5, 0.6) is 0 Å². The van der Waals surface area contributed by atoms with Crippen molar-refractivity contribution in [2.24, 2.45) is 0 Å². The molecule has 0 saturated carbocycles. The first-order chi connectivity index (χ1) is 18.1. The van der Waals surface area contributed by atoms with E-state index >= 15 is 0 Å². The van der Waals surface area contributed by atoms with Gasteiger partial charge in [0.15, 0.2) is 18.9 Å². The van der Waals surface area contributed by atoms with Gasteiger partial charge < -0.3 is 74.4 Å². The van der Waals surface area contributed by atoms with Gasteiger partial charge in [-0.2, -0.15) is 0 Å². The Hall–Kier alpha value is -0.860. The molecule has 15 heteroatoms. The first kappa shape index (κ1) is 31.7. The van der Waals surface area contributed by atoms with Crippen LogP contribution in [0.2, 0.25) is 0 Å². The number of hydrogen-bond donors (Lipinski definition) is 9. The maximum atomic E-state index is 10.9. The molecule has 3 aliphatic heterocycles. The third-order valence-corrected chi connectivity index (χ3v) is 6.63. The Morgan fingerprint density at radius 3 is 2.05 bits per heavy atom. The normalized spacial score (nSPS) is 46.5. The predicted octanol–water partition coefficient (Wildman–Crippen LogP) is -4.55. The van der Waals surface area contributed by atoms with E-state index in [1.807, 2.05) is 19.1 Å². The maximum absolute atomic E-state index is 10.9. The lowest BCUT2D eigenvalue weighted by atomic mass is 9.97. The average Bonchev–Trinajstić information content (AvgIpc) is 2.91. The lowest BCUT2D eigenvalue weighted by Crippen LogP contribution is -2.65. The Labute approximate surface area is 219 Å². The third kappa shape index (κ3) is 7.45. The molecule has 0 aromatic heterocycles. The minimum atomic E-state index is -1.77. The Morgan fingerprint density at radius 2 is 1.37 bits per heavy atom. The van der Waals surface area contributed by atoms with Gasteiger partial charge in [-0.15, -0.1) is 0 Å². The van der Waals surface area contributed by atoms with Gasteiger partial charge in [-0.3, -0.25) is 0 Å². The van der Waals surface area contributed by atoms with Gasteiger partial charge in [0.25, 0.3) is 0 Å². The molecular weight excluding hydrogens is 516 g/mol. The van der Waals surface area contributed by atoms with E-state index in [1.54, 1.807) is 0 Å². The lowest BCUT2D eigenvalue weighted by molar-refractivity contribution is -0.370. The topological polar surface area (TPSA) is 237 Å². The standard InChI is InChI=1S/C23H40O15/c1-2-3-4-5-6-33-23-20(38-22-19(32)16(29)14(27)11(7-24)36-22)17(30)15(28)12(37-23)9-35-21-18(31)13(26)10(25)8-34-21/h3-4,10-32H,2,5-9H2,1H3/b4-3-/t10-,11+,12+,13-,14+,15+,16-,17-,18+,19+,20+,21-,22-,23+/m0/s1. The summed E-state index contributed by atoms with van der Waals surface area (Å²) in [5.41, 5.74) is 0. The van der Waals surface area contributed by atoms with E-state index < -0.39 is 99.2 Å². The Bertz CT molecular complexity index is 725. The highest BCUT2D eigenvalue weighted by atomic mass is 16.8. The number of aliphatic hydroxyl groups is 9. The van der Waals surface area contributed by atoms with E-state index in [2.05, 4.69) is 0 Å². The van der Waals surface area contributed by atoms with Gasteiger partial charge in [-0.05, 0) is 12.8 Å². The zero-order valence-corrected chi connectivity index (χ0v) is 21.0. The molecule has 0 amide bonds. The van der Waals surface area contributed by atoms with Crippen LogP contribution in [0.1, 0.15) is 19.8 Å². The van der Waals surface area contributed by atoms with Crippen molar-refractivity contribution >= 4 is 0 Å². The molecule has 222 valence electrons. The fraction of sp³-hybridized carbons (Fsp3) is 0.913. The van der Waals surface area contributed by atoms with Gasteiger partial charge in [0, 0.05) is 0 Å². The number of allylic oxidation sites excluding steroid dienone is 1. The minimum Gasteiger partial charge on any atom is -0.394 e. The highest BCUT2D eigenvalue weighted by Gasteiger charge is 2.51. The summed E-state index contributed by atoms with van der Waals surface area (Å²) < 4.78 is 33.1. The van der Waals surface area contributed by atoms with Gasteiger partial charge in [0.1, 0.15) is 67.1 Å². The molecular formula is C23H40O15. The molecule has 0 aromatic rings. The van der Waals surface area contributed by atoms with Gasteiger partial charge in [-0.1, -0.05) is 19.1 Å². The molecule has 9 N–H and O–H groups in total. The summed E-state index contributed by atoms with van der Waals surface area (Å²) in [6.45, 7) is 0.652. The van der Waals surface area contributed by atoms with Crippen LogP contribution in [0.25, 0.3) is 0 Å². The average molecular weight is 557 g/mol. The Balaban J connectivity index is 1.69. The van der Waals surface area contributed by atoms with Crippen molar-refractivity contribution in [1.29, 1.82) is 0 Å². The molecule has 0 bridgehead atoms. The summed E-state index contributed by atoms with van der Waals surface area (Å²) in [7, 11) is 0. The second-order valence-corrected chi connectivity index (χ2v) is 9.44. The van der Waals surface area contributed by atoms with E-state index in [0.29, 0.717) is 6.42 Å².